The van der Waals surface area contributed by atoms with E-state index in [1.165, 1.54) is 0 Å². The summed E-state index contributed by atoms with van der Waals surface area (Å²) in [5.74, 6) is 0.0385. The molecule has 4 rings (SSSR count). The molecule has 1 aliphatic heterocycles. The van der Waals surface area contributed by atoms with Crippen molar-refractivity contribution < 1.29 is 9.52 Å². The summed E-state index contributed by atoms with van der Waals surface area (Å²) in [4.78, 5) is 15.5. The molecule has 1 aromatic carbocycles. The molecule has 0 aliphatic carbocycles. The number of aliphatic hydroxyl groups is 1. The van der Waals surface area contributed by atoms with Crippen molar-refractivity contribution in [2.75, 3.05) is 19.6 Å². The number of aliphatic hydroxyl groups excluding tert-OH is 1. The van der Waals surface area contributed by atoms with Crippen molar-refractivity contribution in [1.29, 1.82) is 0 Å². The van der Waals surface area contributed by atoms with Crippen LogP contribution in [0.15, 0.2) is 51.0 Å². The van der Waals surface area contributed by atoms with Gasteiger partial charge in [-0.2, -0.15) is 0 Å². The van der Waals surface area contributed by atoms with Crippen LogP contribution in [0.3, 0.4) is 0 Å². The lowest BCUT2D eigenvalue weighted by molar-refractivity contribution is 0.0602. The molecule has 1 fully saturated rings. The second-order valence-electron chi connectivity index (χ2n) is 6.63. The summed E-state index contributed by atoms with van der Waals surface area (Å²) >= 11 is 1.62. The Balaban J connectivity index is 1.34. The summed E-state index contributed by atoms with van der Waals surface area (Å²) in [6.07, 6.45) is 1.63. The van der Waals surface area contributed by atoms with Gasteiger partial charge in [0, 0.05) is 18.0 Å². The van der Waals surface area contributed by atoms with Crippen LogP contribution in [0.1, 0.15) is 23.8 Å². The molecule has 25 heavy (non-hydrogen) atoms. The molecule has 0 saturated carbocycles. The molecule has 132 valence electrons. The Hall–Kier alpha value is -1.89. The van der Waals surface area contributed by atoms with E-state index >= 15 is 0 Å². The molecule has 1 aliphatic rings. The van der Waals surface area contributed by atoms with Gasteiger partial charge >= 0.3 is 5.76 Å². The molecule has 0 amide bonds. The largest absolute Gasteiger partial charge is 0.419 e. The molecule has 5 nitrogen and oxygen atoms in total. The number of benzene rings is 1. The summed E-state index contributed by atoms with van der Waals surface area (Å²) in [6.45, 7) is 3.37. The van der Waals surface area contributed by atoms with Crippen molar-refractivity contribution in [3.05, 3.63) is 57.2 Å². The topological polar surface area (TPSA) is 58.6 Å². The Bertz CT molecular complexity index is 876. The predicted octanol–water partition coefficient (Wildman–Crippen LogP) is 3.10. The lowest BCUT2D eigenvalue weighted by Crippen LogP contribution is -2.38. The van der Waals surface area contributed by atoms with Gasteiger partial charge in [0.05, 0.1) is 11.6 Å². The van der Waals surface area contributed by atoms with Gasteiger partial charge in [0.2, 0.25) is 0 Å². The number of rotatable bonds is 5. The predicted molar refractivity (Wildman–Crippen MR) is 98.9 cm³/mol. The monoisotopic (exact) mass is 358 g/mol. The Labute approximate surface area is 150 Å². The molecule has 0 unspecified atom stereocenters. The van der Waals surface area contributed by atoms with Crippen LogP contribution < -0.4 is 5.76 Å². The molecule has 0 radical (unpaired) electrons. The molecule has 1 atom stereocenters. The normalized spacial score (nSPS) is 18.0. The van der Waals surface area contributed by atoms with E-state index in [0.29, 0.717) is 18.0 Å². The number of aromatic nitrogens is 1. The first-order valence-corrected chi connectivity index (χ1v) is 9.62. The first kappa shape index (κ1) is 16.6. The van der Waals surface area contributed by atoms with E-state index in [0.717, 1.165) is 42.9 Å². The first-order chi connectivity index (χ1) is 12.2. The minimum Gasteiger partial charge on any atom is -0.408 e. The second-order valence-corrected chi connectivity index (χ2v) is 7.61. The fourth-order valence-corrected chi connectivity index (χ4v) is 4.45. The highest BCUT2D eigenvalue weighted by atomic mass is 32.1. The standard InChI is InChI=1S/C19H22N2O3S/c22-18(17-6-3-13-25-17)14-7-9-20(10-8-14)11-12-21-15-4-1-2-5-16(15)24-19(21)23/h1-6,13-14,18,22H,7-12H2/t18-/m1/s1. The van der Waals surface area contributed by atoms with Gasteiger partial charge < -0.3 is 14.4 Å². The van der Waals surface area contributed by atoms with Gasteiger partial charge in [-0.15, -0.1) is 11.3 Å². The molecule has 0 bridgehead atoms. The van der Waals surface area contributed by atoms with E-state index in [1.807, 2.05) is 41.8 Å². The maximum atomic E-state index is 12.0. The Morgan fingerprint density at radius 1 is 1.16 bits per heavy atom. The lowest BCUT2D eigenvalue weighted by atomic mass is 9.90. The Morgan fingerprint density at radius 3 is 2.72 bits per heavy atom. The molecule has 1 saturated heterocycles. The van der Waals surface area contributed by atoms with E-state index < -0.39 is 0 Å². The van der Waals surface area contributed by atoms with Crippen LogP contribution in [0.2, 0.25) is 0 Å². The number of likely N-dealkylation sites (tertiary alicyclic amines) is 1. The Morgan fingerprint density at radius 2 is 1.96 bits per heavy atom. The highest BCUT2D eigenvalue weighted by Crippen LogP contribution is 2.32. The number of oxazole rings is 1. The molecule has 3 aromatic rings. The number of thiophene rings is 1. The van der Waals surface area contributed by atoms with E-state index in [9.17, 15) is 9.90 Å². The number of piperidine rings is 1. The summed E-state index contributed by atoms with van der Waals surface area (Å²) in [6, 6.07) is 11.5. The van der Waals surface area contributed by atoms with Crippen LogP contribution in [-0.4, -0.2) is 34.2 Å². The summed E-state index contributed by atoms with van der Waals surface area (Å²) in [7, 11) is 0. The highest BCUT2D eigenvalue weighted by molar-refractivity contribution is 7.10. The Kier molecular flexibility index (Phi) is 4.74. The first-order valence-electron chi connectivity index (χ1n) is 8.74. The third kappa shape index (κ3) is 3.42. The third-order valence-corrected chi connectivity index (χ3v) is 6.07. The number of hydrogen-bond donors (Lipinski definition) is 1. The minimum atomic E-state index is -0.345. The van der Waals surface area contributed by atoms with Crippen LogP contribution in [0.4, 0.5) is 0 Å². The van der Waals surface area contributed by atoms with Crippen molar-refractivity contribution in [3.8, 4) is 0 Å². The zero-order valence-electron chi connectivity index (χ0n) is 14.0. The van der Waals surface area contributed by atoms with Crippen molar-refractivity contribution in [3.63, 3.8) is 0 Å². The molecule has 6 heteroatoms. The van der Waals surface area contributed by atoms with Crippen LogP contribution >= 0.6 is 11.3 Å². The highest BCUT2D eigenvalue weighted by Gasteiger charge is 2.26. The van der Waals surface area contributed by atoms with Gasteiger partial charge in [-0.05, 0) is 55.4 Å². The number of nitrogens with zero attached hydrogens (tertiary/aromatic N) is 2. The molecular formula is C19H22N2O3S. The maximum absolute atomic E-state index is 12.0. The molecule has 0 spiro atoms. The van der Waals surface area contributed by atoms with Gasteiger partial charge in [0.25, 0.3) is 0 Å². The molecule has 3 heterocycles. The van der Waals surface area contributed by atoms with Crippen LogP contribution in [-0.2, 0) is 6.54 Å². The van der Waals surface area contributed by atoms with Crippen molar-refractivity contribution >= 4 is 22.4 Å². The van der Waals surface area contributed by atoms with Gasteiger partial charge in [-0.3, -0.25) is 4.57 Å². The van der Waals surface area contributed by atoms with E-state index in [2.05, 4.69) is 4.90 Å². The van der Waals surface area contributed by atoms with Crippen molar-refractivity contribution in [2.24, 2.45) is 5.92 Å². The van der Waals surface area contributed by atoms with Crippen LogP contribution in [0.5, 0.6) is 0 Å². The van der Waals surface area contributed by atoms with Crippen molar-refractivity contribution in [1.82, 2.24) is 9.47 Å². The van der Waals surface area contributed by atoms with E-state index in [1.54, 1.807) is 15.9 Å². The second kappa shape index (κ2) is 7.15. The minimum absolute atomic E-state index is 0.288. The van der Waals surface area contributed by atoms with Gasteiger partial charge in [0.15, 0.2) is 5.58 Å². The SMILES string of the molecule is O=c1oc2ccccc2n1CCN1CCC([C@@H](O)c2cccs2)CC1. The summed E-state index contributed by atoms with van der Waals surface area (Å²) < 4.78 is 7.00. The summed E-state index contributed by atoms with van der Waals surface area (Å²) in [5, 5.41) is 12.5. The van der Waals surface area contributed by atoms with Gasteiger partial charge in [-0.25, -0.2) is 4.79 Å². The zero-order chi connectivity index (χ0) is 17.2. The zero-order valence-corrected chi connectivity index (χ0v) is 14.8. The average Bonchev–Trinajstić information content (AvgIpc) is 3.27. The third-order valence-electron chi connectivity index (χ3n) is 5.13. The quantitative estimate of drug-likeness (QED) is 0.761. The van der Waals surface area contributed by atoms with Crippen LogP contribution in [0, 0.1) is 5.92 Å². The van der Waals surface area contributed by atoms with Gasteiger partial charge in [-0.1, -0.05) is 18.2 Å². The lowest BCUT2D eigenvalue weighted by Gasteiger charge is -2.33. The smallest absolute Gasteiger partial charge is 0.408 e. The summed E-state index contributed by atoms with van der Waals surface area (Å²) in [5.41, 5.74) is 1.50. The fourth-order valence-electron chi connectivity index (χ4n) is 3.65. The van der Waals surface area contributed by atoms with E-state index in [-0.39, 0.29) is 11.9 Å². The van der Waals surface area contributed by atoms with Gasteiger partial charge in [0.1, 0.15) is 0 Å². The number of hydrogen-bond acceptors (Lipinski definition) is 5. The van der Waals surface area contributed by atoms with Crippen molar-refractivity contribution in [2.45, 2.75) is 25.5 Å². The number of fused-ring (bicyclic) bond motifs is 1. The molecular weight excluding hydrogens is 336 g/mol. The average molecular weight is 358 g/mol. The fraction of sp³-hybridized carbons (Fsp3) is 0.421. The molecule has 1 N–H and O–H groups in total. The van der Waals surface area contributed by atoms with E-state index in [4.69, 9.17) is 4.42 Å². The number of para-hydroxylation sites is 2. The molecule has 2 aromatic heterocycles. The van der Waals surface area contributed by atoms with Crippen LogP contribution in [0.25, 0.3) is 11.1 Å². The maximum Gasteiger partial charge on any atom is 0.419 e.